The number of pyridine rings is 1. The van der Waals surface area contributed by atoms with E-state index in [1.165, 1.54) is 0 Å². The summed E-state index contributed by atoms with van der Waals surface area (Å²) < 4.78 is 12.9. The molecule has 0 amide bonds. The van der Waals surface area contributed by atoms with Gasteiger partial charge in [-0.25, -0.2) is 9.37 Å². The molecule has 1 aromatic rings. The molecule has 0 saturated heterocycles. The molecule has 1 rings (SSSR count). The fourth-order valence-corrected chi connectivity index (χ4v) is 1.44. The average Bonchev–Trinajstić information content (AvgIpc) is 2.17. The van der Waals surface area contributed by atoms with Gasteiger partial charge in [0.2, 0.25) is 0 Å². The van der Waals surface area contributed by atoms with E-state index in [0.717, 1.165) is 12.0 Å². The van der Waals surface area contributed by atoms with Gasteiger partial charge in [0.1, 0.15) is 16.7 Å². The van der Waals surface area contributed by atoms with Crippen molar-refractivity contribution in [1.29, 1.82) is 0 Å². The first-order valence-corrected chi connectivity index (χ1v) is 4.64. The zero-order chi connectivity index (χ0) is 10.7. The first-order valence-electron chi connectivity index (χ1n) is 4.26. The predicted molar refractivity (Wildman–Crippen MR) is 58.9 cm³/mol. The SMILES string of the molecule is C=Cc1cc(CC)c(Cl)nc1C(=C)F. The highest BCUT2D eigenvalue weighted by atomic mass is 35.5. The summed E-state index contributed by atoms with van der Waals surface area (Å²) in [6.45, 7) is 8.74. The molecular weight excluding hydrogens is 201 g/mol. The van der Waals surface area contributed by atoms with Crippen molar-refractivity contribution in [3.63, 3.8) is 0 Å². The average molecular weight is 212 g/mol. The summed E-state index contributed by atoms with van der Waals surface area (Å²) in [5.41, 5.74) is 1.67. The van der Waals surface area contributed by atoms with E-state index >= 15 is 0 Å². The predicted octanol–water partition coefficient (Wildman–Crippen LogP) is 3.88. The lowest BCUT2D eigenvalue weighted by molar-refractivity contribution is 0.754. The minimum absolute atomic E-state index is 0.169. The van der Waals surface area contributed by atoms with Crippen LogP contribution in [-0.4, -0.2) is 4.98 Å². The minimum atomic E-state index is -0.593. The Bertz CT molecular complexity index is 385. The molecule has 0 radical (unpaired) electrons. The van der Waals surface area contributed by atoms with E-state index in [1.54, 1.807) is 12.1 Å². The van der Waals surface area contributed by atoms with E-state index in [0.29, 0.717) is 10.7 Å². The zero-order valence-electron chi connectivity index (χ0n) is 7.98. The highest BCUT2D eigenvalue weighted by molar-refractivity contribution is 6.30. The van der Waals surface area contributed by atoms with E-state index in [4.69, 9.17) is 11.6 Å². The smallest absolute Gasteiger partial charge is 0.142 e. The molecule has 1 heterocycles. The van der Waals surface area contributed by atoms with Crippen LogP contribution >= 0.6 is 11.6 Å². The molecule has 74 valence electrons. The van der Waals surface area contributed by atoms with Crippen LogP contribution in [0, 0.1) is 0 Å². The van der Waals surface area contributed by atoms with Crippen molar-refractivity contribution in [2.45, 2.75) is 13.3 Å². The van der Waals surface area contributed by atoms with Gasteiger partial charge in [-0.3, -0.25) is 0 Å². The summed E-state index contributed by atoms with van der Waals surface area (Å²) in [5.74, 6) is -0.593. The van der Waals surface area contributed by atoms with Gasteiger partial charge in [0.25, 0.3) is 0 Å². The molecule has 0 aromatic carbocycles. The van der Waals surface area contributed by atoms with Crippen LogP contribution in [0.1, 0.15) is 23.7 Å². The normalized spacial score (nSPS) is 9.93. The summed E-state index contributed by atoms with van der Waals surface area (Å²) in [6.07, 6.45) is 2.30. The van der Waals surface area contributed by atoms with E-state index in [2.05, 4.69) is 18.1 Å². The lowest BCUT2D eigenvalue weighted by atomic mass is 10.1. The second-order valence-electron chi connectivity index (χ2n) is 2.84. The highest BCUT2D eigenvalue weighted by Crippen LogP contribution is 2.24. The van der Waals surface area contributed by atoms with Crippen molar-refractivity contribution in [3.05, 3.63) is 41.2 Å². The lowest BCUT2D eigenvalue weighted by Gasteiger charge is -2.06. The highest BCUT2D eigenvalue weighted by Gasteiger charge is 2.09. The molecule has 0 atom stereocenters. The second-order valence-corrected chi connectivity index (χ2v) is 3.20. The van der Waals surface area contributed by atoms with Crippen LogP contribution in [0.3, 0.4) is 0 Å². The molecule has 14 heavy (non-hydrogen) atoms. The Balaban J connectivity index is 3.38. The van der Waals surface area contributed by atoms with Crippen LogP contribution < -0.4 is 0 Å². The van der Waals surface area contributed by atoms with Crippen LogP contribution in [0.4, 0.5) is 4.39 Å². The van der Waals surface area contributed by atoms with Gasteiger partial charge in [-0.15, -0.1) is 0 Å². The summed E-state index contributed by atoms with van der Waals surface area (Å²) >= 11 is 5.85. The molecule has 0 spiro atoms. The van der Waals surface area contributed by atoms with Gasteiger partial charge < -0.3 is 0 Å². The molecular formula is C11H11ClFN. The summed E-state index contributed by atoms with van der Waals surface area (Å²) in [7, 11) is 0. The number of halogens is 2. The Morgan fingerprint density at radius 2 is 2.36 bits per heavy atom. The molecule has 0 saturated carbocycles. The van der Waals surface area contributed by atoms with E-state index < -0.39 is 5.83 Å². The monoisotopic (exact) mass is 211 g/mol. The number of hydrogen-bond donors (Lipinski definition) is 0. The number of hydrogen-bond acceptors (Lipinski definition) is 1. The van der Waals surface area contributed by atoms with E-state index in [-0.39, 0.29) is 5.69 Å². The Labute approximate surface area is 87.9 Å². The van der Waals surface area contributed by atoms with Crippen LogP contribution in [0.5, 0.6) is 0 Å². The molecule has 0 aliphatic heterocycles. The standard InChI is InChI=1S/C11H11ClFN/c1-4-8-6-9(5-2)11(12)14-10(8)7(3)13/h4,6H,1,3,5H2,2H3. The maximum absolute atomic E-state index is 12.9. The van der Waals surface area contributed by atoms with Crippen LogP contribution in [0.25, 0.3) is 11.9 Å². The third-order valence-electron chi connectivity index (χ3n) is 1.94. The van der Waals surface area contributed by atoms with Gasteiger partial charge in [0, 0.05) is 5.56 Å². The number of nitrogens with zero attached hydrogens (tertiary/aromatic N) is 1. The van der Waals surface area contributed by atoms with E-state index in [1.807, 2.05) is 6.92 Å². The summed E-state index contributed by atoms with van der Waals surface area (Å²) in [6, 6.07) is 1.78. The van der Waals surface area contributed by atoms with Gasteiger partial charge in [-0.05, 0) is 18.1 Å². The molecule has 1 aromatic heterocycles. The number of aromatic nitrogens is 1. The molecule has 0 N–H and O–H groups in total. The Kier molecular flexibility index (Phi) is 3.42. The van der Waals surface area contributed by atoms with Gasteiger partial charge in [-0.2, -0.15) is 0 Å². The van der Waals surface area contributed by atoms with Gasteiger partial charge in [0.05, 0.1) is 0 Å². The Hall–Kier alpha value is -1.15. The molecule has 0 fully saturated rings. The summed E-state index contributed by atoms with van der Waals surface area (Å²) in [4.78, 5) is 3.93. The third kappa shape index (κ3) is 2.02. The zero-order valence-corrected chi connectivity index (χ0v) is 8.74. The van der Waals surface area contributed by atoms with Crippen molar-refractivity contribution in [2.75, 3.05) is 0 Å². The third-order valence-corrected chi connectivity index (χ3v) is 2.26. The quantitative estimate of drug-likeness (QED) is 0.692. The molecule has 0 aliphatic rings. The lowest BCUT2D eigenvalue weighted by Crippen LogP contribution is -1.95. The molecule has 3 heteroatoms. The van der Waals surface area contributed by atoms with Crippen molar-refractivity contribution in [1.82, 2.24) is 4.98 Å². The maximum atomic E-state index is 12.9. The van der Waals surface area contributed by atoms with Crippen molar-refractivity contribution in [2.24, 2.45) is 0 Å². The van der Waals surface area contributed by atoms with Crippen LogP contribution in [0.2, 0.25) is 5.15 Å². The maximum Gasteiger partial charge on any atom is 0.142 e. The van der Waals surface area contributed by atoms with Crippen molar-refractivity contribution >= 4 is 23.5 Å². The number of aryl methyl sites for hydroxylation is 1. The van der Waals surface area contributed by atoms with Gasteiger partial charge in [-0.1, -0.05) is 37.8 Å². The Morgan fingerprint density at radius 1 is 1.71 bits per heavy atom. The van der Waals surface area contributed by atoms with Crippen molar-refractivity contribution < 1.29 is 4.39 Å². The molecule has 1 nitrogen and oxygen atoms in total. The van der Waals surface area contributed by atoms with Crippen molar-refractivity contribution in [3.8, 4) is 0 Å². The molecule has 0 bridgehead atoms. The number of rotatable bonds is 3. The molecule has 0 aliphatic carbocycles. The fourth-order valence-electron chi connectivity index (χ4n) is 1.17. The Morgan fingerprint density at radius 3 is 2.79 bits per heavy atom. The van der Waals surface area contributed by atoms with Crippen LogP contribution in [0.15, 0.2) is 19.2 Å². The van der Waals surface area contributed by atoms with E-state index in [9.17, 15) is 4.39 Å². The topological polar surface area (TPSA) is 12.9 Å². The largest absolute Gasteiger partial charge is 0.233 e. The minimum Gasteiger partial charge on any atom is -0.233 e. The first kappa shape index (κ1) is 10.9. The van der Waals surface area contributed by atoms with Gasteiger partial charge in [0.15, 0.2) is 0 Å². The van der Waals surface area contributed by atoms with Gasteiger partial charge >= 0.3 is 0 Å². The first-order chi connectivity index (χ1) is 6.60. The fraction of sp³-hybridized carbons (Fsp3) is 0.182. The molecule has 0 unspecified atom stereocenters. The second kappa shape index (κ2) is 4.38. The van der Waals surface area contributed by atoms with Crippen LogP contribution in [-0.2, 0) is 6.42 Å². The summed E-state index contributed by atoms with van der Waals surface area (Å²) in [5, 5.41) is 0.326.